The second-order valence-electron chi connectivity index (χ2n) is 34.4. The van der Waals surface area contributed by atoms with E-state index in [2.05, 4.69) is 351 Å². The molecule has 14 aromatic carbocycles. The molecule has 1 atom stereocenters. The maximum atomic E-state index is 9.82. The third-order valence-corrected chi connectivity index (χ3v) is 24.8. The molecule has 0 N–H and O–H groups in total. The Morgan fingerprint density at radius 2 is 0.716 bits per heavy atom. The summed E-state index contributed by atoms with van der Waals surface area (Å²) in [5.74, 6) is -0.446. The van der Waals surface area contributed by atoms with Crippen molar-refractivity contribution in [2.45, 2.75) is 128 Å². The number of nitrogens with zero attached hydrogens (tertiary/aromatic N) is 2. The van der Waals surface area contributed by atoms with Gasteiger partial charge in [-0.2, -0.15) is 0 Å². The molecule has 0 amide bonds. The summed E-state index contributed by atoms with van der Waals surface area (Å²) in [5.41, 5.74) is 39.1. The lowest BCUT2D eigenvalue weighted by Crippen LogP contribution is -2.62. The van der Waals surface area contributed by atoms with Crippen LogP contribution >= 0.6 is 0 Å². The summed E-state index contributed by atoms with van der Waals surface area (Å²) in [5, 5.41) is 0. The number of fused-ring (bicyclic) bond motifs is 17. The highest BCUT2D eigenvalue weighted by Crippen LogP contribution is 2.64. The molecule has 1 spiro atoms. The fourth-order valence-corrected chi connectivity index (χ4v) is 19.5. The van der Waals surface area contributed by atoms with Crippen LogP contribution in [0.3, 0.4) is 0 Å². The van der Waals surface area contributed by atoms with E-state index in [0.29, 0.717) is 11.1 Å². The van der Waals surface area contributed by atoms with Crippen LogP contribution in [0.2, 0.25) is 0 Å². The molecular weight excluding hydrogens is 1310 g/mol. The highest BCUT2D eigenvalue weighted by Gasteiger charge is 2.54. The van der Waals surface area contributed by atoms with E-state index < -0.39 is 11.3 Å². The molecule has 14 aromatic rings. The first-order valence-corrected chi connectivity index (χ1v) is 39.8. The van der Waals surface area contributed by atoms with Gasteiger partial charge in [0.15, 0.2) is 0 Å². The monoisotopic (exact) mass is 1410 g/mol. The van der Waals surface area contributed by atoms with Gasteiger partial charge in [0, 0.05) is 41.8 Å². The predicted octanol–water partition coefficient (Wildman–Crippen LogP) is 25.2. The molecule has 0 saturated heterocycles. The Hall–Kier alpha value is -11.3. The number of hydrogen-bond donors (Lipinski definition) is 0. The average molecular weight is 1410 g/mol. The summed E-state index contributed by atoms with van der Waals surface area (Å²) in [7, 11) is 0. The molecule has 532 valence electrons. The zero-order valence-corrected chi connectivity index (χ0v) is 64.3. The Kier molecular flexibility index (Phi) is 15.5. The summed E-state index contributed by atoms with van der Waals surface area (Å²) in [6.07, 6.45) is 5.48. The molecule has 1 unspecified atom stereocenters. The van der Waals surface area contributed by atoms with Crippen molar-refractivity contribution in [2.75, 3.05) is 22.9 Å². The Morgan fingerprint density at radius 3 is 1.17 bits per heavy atom. The lowest BCUT2D eigenvalue weighted by atomic mass is 9.33. The number of rotatable bonds is 15. The SMILES string of the molecule is [2H]c1c([2H])c([2H])c2c(c1[2H])-c1ccccc1C2c1ccc2c(c1)N(CCCCc1c(-c3ccccc3)cc(C(C)(C)C)cc1-c1ccccc1)c1cc(C(C)(C)C)cc3c1B2c1cc2c(cc1N3CCCCc1c(-c3ccccc3)cc(C(C)(C)C)cc1-c1ccccc1)-c1ccccc1C21c2ccccc2-c2ccccc21. The minimum absolute atomic E-state index is 0.0116. The molecule has 2 nitrogen and oxygen atoms in total. The van der Waals surface area contributed by atoms with Crippen molar-refractivity contribution in [2.24, 2.45) is 0 Å². The number of anilines is 4. The van der Waals surface area contributed by atoms with Gasteiger partial charge in [-0.15, -0.1) is 0 Å². The van der Waals surface area contributed by atoms with Gasteiger partial charge in [-0.3, -0.25) is 0 Å². The van der Waals surface area contributed by atoms with Crippen molar-refractivity contribution < 1.29 is 5.48 Å². The van der Waals surface area contributed by atoms with Crippen LogP contribution in [-0.4, -0.2) is 19.8 Å². The van der Waals surface area contributed by atoms with Gasteiger partial charge in [-0.1, -0.05) is 347 Å². The maximum Gasteiger partial charge on any atom is 0.252 e. The van der Waals surface area contributed by atoms with Crippen LogP contribution in [0.1, 0.15) is 166 Å². The standard InChI is InChI=1S/C106H95BN2/c1-103(2,3)74-61-86(69-36-14-10-15-37-69)79(87(62-74)70-38-16-11-17-39-70)46-32-34-58-108-97-60-73(101-84-51-24-22-44-77(84)78-45-23-25-52-85(78)101)56-57-95(97)107-96-68-94-90(83-50-28-31-55-93(83)106(94)91-53-29-26-48-81(91)82-49-27-30-54-92(82)106)67-98(96)109(100-66-76(105(7,8)9)65-99(108)102(100)107)59-35-33-47-80-88(71-40-18-12-19-41-71)63-75(104(4,5)6)64-89(80)72-42-20-13-21-43-72/h10-31,36-45,48-57,60-68,101H,32-35,46-47,58-59H2,1-9H3/i22D,24D,44D,51D. The van der Waals surface area contributed by atoms with Gasteiger partial charge in [-0.25, -0.2) is 0 Å². The summed E-state index contributed by atoms with van der Waals surface area (Å²) in [6, 6.07) is 108. The highest BCUT2D eigenvalue weighted by atomic mass is 15.2. The van der Waals surface area contributed by atoms with E-state index in [1.54, 1.807) is 0 Å². The molecule has 5 aliphatic rings. The second kappa shape index (κ2) is 26.6. The van der Waals surface area contributed by atoms with Gasteiger partial charge in [0.25, 0.3) is 6.71 Å². The average Bonchev–Trinajstić information content (AvgIpc) is 1.51. The molecule has 0 aromatic heterocycles. The van der Waals surface area contributed by atoms with Crippen molar-refractivity contribution in [3.8, 4) is 77.9 Å². The highest BCUT2D eigenvalue weighted by molar-refractivity contribution is 7.00. The third-order valence-electron chi connectivity index (χ3n) is 24.8. The second-order valence-corrected chi connectivity index (χ2v) is 34.4. The number of unbranched alkanes of at least 4 members (excludes halogenated alkanes) is 2. The van der Waals surface area contributed by atoms with Crippen LogP contribution < -0.4 is 26.2 Å². The zero-order valence-electron chi connectivity index (χ0n) is 68.3. The number of hydrogen-bond acceptors (Lipinski definition) is 2. The Labute approximate surface area is 652 Å². The first-order chi connectivity index (χ1) is 54.7. The van der Waals surface area contributed by atoms with E-state index in [9.17, 15) is 4.11 Å². The zero-order chi connectivity index (χ0) is 77.6. The van der Waals surface area contributed by atoms with Crippen LogP contribution in [-0.2, 0) is 34.5 Å². The Bertz CT molecular complexity index is 5970. The van der Waals surface area contributed by atoms with Crippen LogP contribution in [0.5, 0.6) is 0 Å². The van der Waals surface area contributed by atoms with E-state index in [1.807, 2.05) is 6.07 Å². The molecule has 3 aliphatic carbocycles. The summed E-state index contributed by atoms with van der Waals surface area (Å²) in [6.45, 7) is 22.5. The molecule has 2 aliphatic heterocycles. The van der Waals surface area contributed by atoms with Gasteiger partial charge in [0.05, 0.1) is 10.9 Å². The lowest BCUT2D eigenvalue weighted by molar-refractivity contribution is 0.589. The van der Waals surface area contributed by atoms with E-state index in [-0.39, 0.29) is 47.1 Å². The lowest BCUT2D eigenvalue weighted by Gasteiger charge is -2.46. The van der Waals surface area contributed by atoms with Gasteiger partial charge < -0.3 is 9.80 Å². The fourth-order valence-electron chi connectivity index (χ4n) is 19.5. The Balaban J connectivity index is 0.820. The van der Waals surface area contributed by atoms with Crippen LogP contribution in [0.15, 0.2) is 309 Å². The summed E-state index contributed by atoms with van der Waals surface area (Å²) >= 11 is 0. The van der Waals surface area contributed by atoms with Crippen LogP contribution in [0, 0.1) is 0 Å². The summed E-state index contributed by atoms with van der Waals surface area (Å²) in [4.78, 5) is 5.48. The predicted molar refractivity (Wildman–Crippen MR) is 464 cm³/mol. The molecule has 2 heterocycles. The number of benzene rings is 14. The van der Waals surface area contributed by atoms with E-state index in [4.69, 9.17) is 1.37 Å². The van der Waals surface area contributed by atoms with Crippen LogP contribution in [0.4, 0.5) is 22.7 Å². The minimum Gasteiger partial charge on any atom is -0.342 e. The first kappa shape index (κ1) is 63.8. The largest absolute Gasteiger partial charge is 0.342 e. The van der Waals surface area contributed by atoms with Gasteiger partial charge >= 0.3 is 0 Å². The van der Waals surface area contributed by atoms with Crippen molar-refractivity contribution in [1.29, 1.82) is 0 Å². The molecule has 0 saturated carbocycles. The minimum atomic E-state index is -0.585. The molecule has 109 heavy (non-hydrogen) atoms. The van der Waals surface area contributed by atoms with E-state index >= 15 is 0 Å². The van der Waals surface area contributed by atoms with Gasteiger partial charge in [0.1, 0.15) is 0 Å². The quantitative estimate of drug-likeness (QED) is 0.0746. The molecule has 0 radical (unpaired) electrons. The van der Waals surface area contributed by atoms with Gasteiger partial charge in [0.2, 0.25) is 0 Å². The molecule has 0 bridgehead atoms. The van der Waals surface area contributed by atoms with E-state index in [0.717, 1.165) is 74.0 Å². The third kappa shape index (κ3) is 11.3. The van der Waals surface area contributed by atoms with Gasteiger partial charge in [-0.05, 0) is 240 Å². The fraction of sp³-hybridized carbons (Fsp3) is 0.208. The Morgan fingerprint density at radius 1 is 0.321 bits per heavy atom. The first-order valence-electron chi connectivity index (χ1n) is 41.8. The molecule has 3 heteroatoms. The molecule has 19 rings (SSSR count). The summed E-state index contributed by atoms with van der Waals surface area (Å²) < 4.78 is 37.7. The topological polar surface area (TPSA) is 6.48 Å². The maximum absolute atomic E-state index is 9.82. The molecular formula is C106H95BN2. The smallest absolute Gasteiger partial charge is 0.252 e. The van der Waals surface area contributed by atoms with Crippen molar-refractivity contribution in [3.63, 3.8) is 0 Å². The van der Waals surface area contributed by atoms with Crippen molar-refractivity contribution >= 4 is 45.9 Å². The van der Waals surface area contributed by atoms with Crippen molar-refractivity contribution in [3.05, 3.63) is 376 Å². The molecule has 0 fully saturated rings. The van der Waals surface area contributed by atoms with Crippen LogP contribution in [0.25, 0.3) is 77.9 Å². The normalized spacial score (nSPS) is 15.0. The van der Waals surface area contributed by atoms with E-state index in [1.165, 1.54) is 150 Å². The van der Waals surface area contributed by atoms with Crippen molar-refractivity contribution in [1.82, 2.24) is 0 Å².